The average Bonchev–Trinajstić information content (AvgIpc) is 2.31. The molecule has 0 aromatic rings. The van der Waals surface area contributed by atoms with Crippen LogP contribution in [-0.4, -0.2) is 74.8 Å². The Kier molecular flexibility index (Phi) is 7.64. The van der Waals surface area contributed by atoms with E-state index < -0.39 is 36.9 Å². The standard InChI is InChI=1S/C8H17NO6S/c10-3-4(11)5(12)6(13)7(14)8(15)9-1-2-16/h4-7,10-14,16H,1-3H2,(H,9,15). The van der Waals surface area contributed by atoms with E-state index in [1.54, 1.807) is 0 Å². The maximum Gasteiger partial charge on any atom is 0.251 e. The molecule has 6 N–H and O–H groups in total. The van der Waals surface area contributed by atoms with Crippen LogP contribution < -0.4 is 5.32 Å². The second-order valence-corrected chi connectivity index (χ2v) is 3.64. The van der Waals surface area contributed by atoms with Crippen LogP contribution in [0.1, 0.15) is 0 Å². The lowest BCUT2D eigenvalue weighted by atomic mass is 10.0. The lowest BCUT2D eigenvalue weighted by Crippen LogP contribution is -2.51. The van der Waals surface area contributed by atoms with Crippen LogP contribution in [0, 0.1) is 0 Å². The van der Waals surface area contributed by atoms with Crippen LogP contribution in [0.4, 0.5) is 0 Å². The van der Waals surface area contributed by atoms with Crippen molar-refractivity contribution in [2.24, 2.45) is 0 Å². The third-order valence-electron chi connectivity index (χ3n) is 1.93. The number of hydrogen-bond donors (Lipinski definition) is 7. The summed E-state index contributed by atoms with van der Waals surface area (Å²) in [6.45, 7) is -0.590. The average molecular weight is 255 g/mol. The molecule has 0 spiro atoms. The number of hydrogen-bond acceptors (Lipinski definition) is 7. The van der Waals surface area contributed by atoms with Gasteiger partial charge in [0.25, 0.3) is 5.91 Å². The molecule has 0 heterocycles. The minimum atomic E-state index is -1.88. The Hall–Kier alpha value is -0.380. The molecule has 0 saturated carbocycles. The highest BCUT2D eigenvalue weighted by atomic mass is 32.1. The number of aliphatic hydroxyl groups is 5. The van der Waals surface area contributed by atoms with E-state index in [2.05, 4.69) is 17.9 Å². The number of nitrogens with one attached hydrogen (secondary N) is 1. The first kappa shape index (κ1) is 15.6. The van der Waals surface area contributed by atoms with Gasteiger partial charge in [-0.1, -0.05) is 0 Å². The maximum atomic E-state index is 11.1. The van der Waals surface area contributed by atoms with Gasteiger partial charge in [0.15, 0.2) is 6.10 Å². The fourth-order valence-electron chi connectivity index (χ4n) is 0.961. The normalized spacial score (nSPS) is 18.6. The molecule has 4 atom stereocenters. The molecule has 16 heavy (non-hydrogen) atoms. The summed E-state index contributed by atoms with van der Waals surface area (Å²) in [5, 5.41) is 47.5. The number of thiol groups is 1. The summed E-state index contributed by atoms with van der Waals surface area (Å²) in [7, 11) is 0. The number of aliphatic hydroxyl groups excluding tert-OH is 5. The summed E-state index contributed by atoms with van der Waals surface area (Å²) < 4.78 is 0. The monoisotopic (exact) mass is 255 g/mol. The van der Waals surface area contributed by atoms with Crippen molar-refractivity contribution in [1.29, 1.82) is 0 Å². The molecule has 1 amide bonds. The number of amides is 1. The predicted molar refractivity (Wildman–Crippen MR) is 58.0 cm³/mol. The Labute approximate surface area is 98.1 Å². The van der Waals surface area contributed by atoms with Crippen molar-refractivity contribution in [3.63, 3.8) is 0 Å². The summed E-state index contributed by atoms with van der Waals surface area (Å²) in [5.41, 5.74) is 0. The van der Waals surface area contributed by atoms with E-state index in [1.165, 1.54) is 0 Å². The molecular weight excluding hydrogens is 238 g/mol. The van der Waals surface area contributed by atoms with E-state index in [1.807, 2.05) is 0 Å². The maximum absolute atomic E-state index is 11.1. The van der Waals surface area contributed by atoms with Gasteiger partial charge in [0.2, 0.25) is 0 Å². The van der Waals surface area contributed by atoms with E-state index in [9.17, 15) is 20.1 Å². The van der Waals surface area contributed by atoms with E-state index >= 15 is 0 Å². The minimum absolute atomic E-state index is 0.199. The highest BCUT2D eigenvalue weighted by molar-refractivity contribution is 7.80. The van der Waals surface area contributed by atoms with Gasteiger partial charge in [-0.2, -0.15) is 12.6 Å². The van der Waals surface area contributed by atoms with Gasteiger partial charge in [-0.3, -0.25) is 4.79 Å². The molecule has 4 unspecified atom stereocenters. The predicted octanol–water partition coefficient (Wildman–Crippen LogP) is -3.53. The van der Waals surface area contributed by atoms with E-state index in [0.29, 0.717) is 5.75 Å². The third-order valence-corrected chi connectivity index (χ3v) is 2.16. The van der Waals surface area contributed by atoms with Crippen molar-refractivity contribution in [1.82, 2.24) is 5.32 Å². The van der Waals surface area contributed by atoms with E-state index in [4.69, 9.17) is 10.2 Å². The van der Waals surface area contributed by atoms with Gasteiger partial charge in [-0.05, 0) is 0 Å². The van der Waals surface area contributed by atoms with E-state index in [-0.39, 0.29) is 6.54 Å². The molecule has 0 aromatic heterocycles. The van der Waals surface area contributed by atoms with Crippen molar-refractivity contribution in [2.75, 3.05) is 18.9 Å². The fourth-order valence-corrected chi connectivity index (χ4v) is 1.07. The molecule has 0 bridgehead atoms. The quantitative estimate of drug-likeness (QED) is 0.236. The van der Waals surface area contributed by atoms with Gasteiger partial charge in [0, 0.05) is 12.3 Å². The van der Waals surface area contributed by atoms with E-state index in [0.717, 1.165) is 0 Å². The van der Waals surface area contributed by atoms with Crippen LogP contribution in [-0.2, 0) is 4.79 Å². The zero-order valence-electron chi connectivity index (χ0n) is 8.52. The molecular formula is C8H17NO6S. The summed E-state index contributed by atoms with van der Waals surface area (Å²) in [4.78, 5) is 11.1. The molecule has 0 rings (SSSR count). The van der Waals surface area contributed by atoms with Crippen LogP contribution in [0.25, 0.3) is 0 Å². The Morgan fingerprint density at radius 2 is 1.75 bits per heavy atom. The highest BCUT2D eigenvalue weighted by Crippen LogP contribution is 2.05. The number of rotatable bonds is 7. The van der Waals surface area contributed by atoms with Gasteiger partial charge < -0.3 is 30.8 Å². The molecule has 0 fully saturated rings. The molecule has 96 valence electrons. The van der Waals surface area contributed by atoms with Crippen LogP contribution in [0.3, 0.4) is 0 Å². The zero-order valence-corrected chi connectivity index (χ0v) is 9.42. The second-order valence-electron chi connectivity index (χ2n) is 3.19. The molecule has 0 aliphatic heterocycles. The SMILES string of the molecule is O=C(NCCS)C(O)C(O)C(O)C(O)CO. The fraction of sp³-hybridized carbons (Fsp3) is 0.875. The summed E-state index contributed by atoms with van der Waals surface area (Å²) in [6.07, 6.45) is -7.18. The first-order chi connectivity index (χ1) is 7.45. The largest absolute Gasteiger partial charge is 0.394 e. The first-order valence-electron chi connectivity index (χ1n) is 4.67. The second kappa shape index (κ2) is 7.82. The number of carbonyl (C=O) groups excluding carboxylic acids is 1. The van der Waals surface area contributed by atoms with Crippen LogP contribution in [0.15, 0.2) is 0 Å². The third kappa shape index (κ3) is 4.64. The minimum Gasteiger partial charge on any atom is -0.394 e. The van der Waals surface area contributed by atoms with Gasteiger partial charge in [-0.25, -0.2) is 0 Å². The topological polar surface area (TPSA) is 130 Å². The summed E-state index contributed by atoms with van der Waals surface area (Å²) in [6, 6.07) is 0. The van der Waals surface area contributed by atoms with Gasteiger partial charge in [0.05, 0.1) is 6.61 Å². The Balaban J connectivity index is 4.25. The molecule has 8 heteroatoms. The van der Waals surface area contributed by atoms with Gasteiger partial charge in [-0.15, -0.1) is 0 Å². The van der Waals surface area contributed by atoms with Gasteiger partial charge >= 0.3 is 0 Å². The molecule has 0 radical (unpaired) electrons. The molecule has 7 nitrogen and oxygen atoms in total. The molecule has 0 aliphatic carbocycles. The van der Waals surface area contributed by atoms with Crippen molar-refractivity contribution in [2.45, 2.75) is 24.4 Å². The lowest BCUT2D eigenvalue weighted by molar-refractivity contribution is -0.148. The van der Waals surface area contributed by atoms with Crippen LogP contribution in [0.2, 0.25) is 0 Å². The highest BCUT2D eigenvalue weighted by Gasteiger charge is 2.33. The smallest absolute Gasteiger partial charge is 0.251 e. The zero-order chi connectivity index (χ0) is 12.7. The van der Waals surface area contributed by atoms with Crippen molar-refractivity contribution in [3.05, 3.63) is 0 Å². The summed E-state index contributed by atoms with van der Waals surface area (Å²) >= 11 is 3.82. The summed E-state index contributed by atoms with van der Waals surface area (Å²) in [5.74, 6) is -0.526. The lowest BCUT2D eigenvalue weighted by Gasteiger charge is -2.24. The van der Waals surface area contributed by atoms with Crippen LogP contribution >= 0.6 is 12.6 Å². The molecule has 0 aromatic carbocycles. The molecule has 0 saturated heterocycles. The van der Waals surface area contributed by atoms with Gasteiger partial charge in [0.1, 0.15) is 18.3 Å². The van der Waals surface area contributed by atoms with Crippen molar-refractivity contribution in [3.8, 4) is 0 Å². The Bertz CT molecular complexity index is 217. The van der Waals surface area contributed by atoms with Crippen LogP contribution in [0.5, 0.6) is 0 Å². The Morgan fingerprint density at radius 3 is 2.19 bits per heavy atom. The first-order valence-corrected chi connectivity index (χ1v) is 5.30. The Morgan fingerprint density at radius 1 is 1.19 bits per heavy atom. The van der Waals surface area contributed by atoms with Crippen molar-refractivity contribution >= 4 is 18.5 Å². The molecule has 0 aliphatic rings. The number of carbonyl (C=O) groups is 1. The van der Waals surface area contributed by atoms with Crippen molar-refractivity contribution < 1.29 is 30.3 Å².